The molecule has 0 saturated carbocycles. The Morgan fingerprint density at radius 3 is 1.97 bits per heavy atom. The summed E-state index contributed by atoms with van der Waals surface area (Å²) < 4.78 is 5.24. The predicted octanol–water partition coefficient (Wildman–Crippen LogP) is 5.55. The Hall–Kier alpha value is -3.02. The second kappa shape index (κ2) is 8.99. The molecule has 3 rings (SSSR count). The molecule has 2 N–H and O–H groups in total. The van der Waals surface area contributed by atoms with Crippen LogP contribution in [0.15, 0.2) is 66.7 Å². The van der Waals surface area contributed by atoms with Crippen LogP contribution in [0.4, 0.5) is 5.69 Å². The quantitative estimate of drug-likeness (QED) is 0.521. The number of halogens is 2. The van der Waals surface area contributed by atoms with Crippen LogP contribution in [0.3, 0.4) is 0 Å². The lowest BCUT2D eigenvalue weighted by Crippen LogP contribution is -2.30. The van der Waals surface area contributed by atoms with Crippen LogP contribution in [0.5, 0.6) is 5.75 Å². The number of ether oxygens (including phenoxy) is 1. The summed E-state index contributed by atoms with van der Waals surface area (Å²) >= 11 is 11.8. The Kier molecular flexibility index (Phi) is 6.42. The average molecular weight is 430 g/mol. The minimum Gasteiger partial charge on any atom is -0.508 e. The van der Waals surface area contributed by atoms with Crippen molar-refractivity contribution in [2.45, 2.75) is 13.0 Å². The summed E-state index contributed by atoms with van der Waals surface area (Å²) in [5.74, 6) is -0.937. The van der Waals surface area contributed by atoms with Gasteiger partial charge in [-0.25, -0.2) is 4.79 Å². The van der Waals surface area contributed by atoms with Crippen LogP contribution < -0.4 is 5.32 Å². The Morgan fingerprint density at radius 2 is 1.41 bits per heavy atom. The van der Waals surface area contributed by atoms with Crippen molar-refractivity contribution < 1.29 is 19.4 Å². The first-order valence-electron chi connectivity index (χ1n) is 8.69. The third-order valence-corrected chi connectivity index (χ3v) is 4.54. The normalized spacial score (nSPS) is 11.6. The number of carbonyl (C=O) groups excluding carboxylic acids is 2. The maximum atomic E-state index is 12.3. The lowest BCUT2D eigenvalue weighted by Gasteiger charge is -2.14. The van der Waals surface area contributed by atoms with Gasteiger partial charge in [-0.2, -0.15) is 0 Å². The van der Waals surface area contributed by atoms with Gasteiger partial charge in [-0.1, -0.05) is 47.5 Å². The minimum absolute atomic E-state index is 0.182. The standard InChI is InChI=1S/C22H17Cl2NO4/c1-13(21(27)25-19-11-17(23)10-18(24)12-19)29-22(28)16-4-2-14(3-5-16)15-6-8-20(26)9-7-15/h2-13,26H,1H3,(H,25,27)/t13-/m1/s1. The number of carbonyl (C=O) groups is 2. The van der Waals surface area contributed by atoms with Crippen LogP contribution in [0.1, 0.15) is 17.3 Å². The van der Waals surface area contributed by atoms with Gasteiger partial charge in [0.25, 0.3) is 5.91 Å². The number of amides is 1. The fraction of sp³-hybridized carbons (Fsp3) is 0.0909. The molecule has 0 aromatic heterocycles. The third-order valence-electron chi connectivity index (χ3n) is 4.10. The highest BCUT2D eigenvalue weighted by molar-refractivity contribution is 6.35. The highest BCUT2D eigenvalue weighted by Crippen LogP contribution is 2.24. The topological polar surface area (TPSA) is 75.6 Å². The molecule has 5 nitrogen and oxygen atoms in total. The number of rotatable bonds is 5. The molecule has 0 aliphatic rings. The van der Waals surface area contributed by atoms with E-state index in [1.165, 1.54) is 6.92 Å². The van der Waals surface area contributed by atoms with E-state index in [0.717, 1.165) is 11.1 Å². The van der Waals surface area contributed by atoms with Gasteiger partial charge in [0.2, 0.25) is 0 Å². The molecule has 0 unspecified atom stereocenters. The first-order valence-corrected chi connectivity index (χ1v) is 9.45. The van der Waals surface area contributed by atoms with Crippen LogP contribution in [0.25, 0.3) is 11.1 Å². The first kappa shape index (κ1) is 20.7. The molecule has 0 spiro atoms. The molecule has 148 valence electrons. The van der Waals surface area contributed by atoms with Gasteiger partial charge < -0.3 is 15.2 Å². The van der Waals surface area contributed by atoms with E-state index in [4.69, 9.17) is 27.9 Å². The molecule has 1 atom stereocenters. The molecule has 3 aromatic rings. The summed E-state index contributed by atoms with van der Waals surface area (Å²) in [6.07, 6.45) is -1.02. The number of benzene rings is 3. The molecular weight excluding hydrogens is 413 g/mol. The summed E-state index contributed by atoms with van der Waals surface area (Å²) in [4.78, 5) is 24.6. The lowest BCUT2D eigenvalue weighted by atomic mass is 10.0. The van der Waals surface area contributed by atoms with Gasteiger partial charge in [-0.3, -0.25) is 4.79 Å². The van der Waals surface area contributed by atoms with E-state index in [1.807, 2.05) is 0 Å². The summed E-state index contributed by atoms with van der Waals surface area (Å²) in [6, 6.07) is 18.1. The molecule has 1 amide bonds. The molecule has 0 fully saturated rings. The molecule has 0 heterocycles. The SMILES string of the molecule is C[C@@H](OC(=O)c1ccc(-c2ccc(O)cc2)cc1)C(=O)Nc1cc(Cl)cc(Cl)c1. The van der Waals surface area contributed by atoms with Crippen LogP contribution in [-0.4, -0.2) is 23.1 Å². The summed E-state index contributed by atoms with van der Waals surface area (Å²) in [5.41, 5.74) is 2.51. The number of hydrogen-bond donors (Lipinski definition) is 2. The Morgan fingerprint density at radius 1 is 0.897 bits per heavy atom. The van der Waals surface area contributed by atoms with Gasteiger partial charge in [-0.05, 0) is 60.5 Å². The highest BCUT2D eigenvalue weighted by atomic mass is 35.5. The van der Waals surface area contributed by atoms with E-state index >= 15 is 0 Å². The van der Waals surface area contributed by atoms with Crippen molar-refractivity contribution in [1.82, 2.24) is 0 Å². The van der Waals surface area contributed by atoms with E-state index < -0.39 is 18.0 Å². The molecule has 7 heteroatoms. The van der Waals surface area contributed by atoms with Crippen molar-refractivity contribution in [1.29, 1.82) is 0 Å². The maximum absolute atomic E-state index is 12.3. The van der Waals surface area contributed by atoms with Crippen molar-refractivity contribution in [3.8, 4) is 16.9 Å². The molecule has 0 aliphatic carbocycles. The number of aromatic hydroxyl groups is 1. The number of nitrogens with one attached hydrogen (secondary N) is 1. The zero-order valence-electron chi connectivity index (χ0n) is 15.4. The molecular formula is C22H17Cl2NO4. The third kappa shape index (κ3) is 5.50. The van der Waals surface area contributed by atoms with E-state index in [-0.39, 0.29) is 5.75 Å². The van der Waals surface area contributed by atoms with E-state index in [1.54, 1.807) is 66.7 Å². The molecule has 0 radical (unpaired) electrons. The van der Waals surface area contributed by atoms with Crippen molar-refractivity contribution in [2.75, 3.05) is 5.32 Å². The van der Waals surface area contributed by atoms with Gasteiger partial charge in [-0.15, -0.1) is 0 Å². The fourth-order valence-corrected chi connectivity index (χ4v) is 3.13. The van der Waals surface area contributed by atoms with Crippen molar-refractivity contribution in [3.05, 3.63) is 82.3 Å². The first-order chi connectivity index (χ1) is 13.8. The molecule has 0 bridgehead atoms. The highest BCUT2D eigenvalue weighted by Gasteiger charge is 2.19. The van der Waals surface area contributed by atoms with Gasteiger partial charge in [0.15, 0.2) is 6.10 Å². The average Bonchev–Trinajstić information content (AvgIpc) is 2.68. The van der Waals surface area contributed by atoms with Crippen LogP contribution in [-0.2, 0) is 9.53 Å². The number of phenols is 1. The summed E-state index contributed by atoms with van der Waals surface area (Å²) in [7, 11) is 0. The zero-order chi connectivity index (χ0) is 21.0. The zero-order valence-corrected chi connectivity index (χ0v) is 16.9. The van der Waals surface area contributed by atoms with E-state index in [0.29, 0.717) is 21.3 Å². The number of esters is 1. The fourth-order valence-electron chi connectivity index (χ4n) is 2.60. The largest absolute Gasteiger partial charge is 0.508 e. The van der Waals surface area contributed by atoms with Crippen molar-refractivity contribution >= 4 is 40.8 Å². The molecule has 0 saturated heterocycles. The minimum atomic E-state index is -1.02. The number of hydrogen-bond acceptors (Lipinski definition) is 4. The Balaban J connectivity index is 1.62. The molecule has 0 aliphatic heterocycles. The van der Waals surface area contributed by atoms with E-state index in [2.05, 4.69) is 5.32 Å². The van der Waals surface area contributed by atoms with Gasteiger partial charge >= 0.3 is 5.97 Å². The van der Waals surface area contributed by atoms with Gasteiger partial charge in [0.05, 0.1) is 5.56 Å². The van der Waals surface area contributed by atoms with Crippen molar-refractivity contribution in [3.63, 3.8) is 0 Å². The van der Waals surface area contributed by atoms with Crippen molar-refractivity contribution in [2.24, 2.45) is 0 Å². The summed E-state index contributed by atoms with van der Waals surface area (Å²) in [5, 5.41) is 12.7. The smallest absolute Gasteiger partial charge is 0.338 e. The second-order valence-corrected chi connectivity index (χ2v) is 7.19. The lowest BCUT2D eigenvalue weighted by molar-refractivity contribution is -0.123. The summed E-state index contributed by atoms with van der Waals surface area (Å²) in [6.45, 7) is 1.48. The Labute approximate surface area is 177 Å². The van der Waals surface area contributed by atoms with Gasteiger partial charge in [0.1, 0.15) is 5.75 Å². The monoisotopic (exact) mass is 429 g/mol. The second-order valence-electron chi connectivity index (χ2n) is 6.32. The molecule has 3 aromatic carbocycles. The number of phenolic OH excluding ortho intramolecular Hbond substituents is 1. The van der Waals surface area contributed by atoms with Crippen LogP contribution in [0, 0.1) is 0 Å². The Bertz CT molecular complexity index is 1010. The van der Waals surface area contributed by atoms with Crippen LogP contribution in [0.2, 0.25) is 10.0 Å². The van der Waals surface area contributed by atoms with Crippen LogP contribution >= 0.6 is 23.2 Å². The number of anilines is 1. The van der Waals surface area contributed by atoms with Gasteiger partial charge in [0, 0.05) is 15.7 Å². The predicted molar refractivity (Wildman–Crippen MR) is 114 cm³/mol. The maximum Gasteiger partial charge on any atom is 0.338 e. The molecule has 29 heavy (non-hydrogen) atoms. The van der Waals surface area contributed by atoms with E-state index in [9.17, 15) is 14.7 Å².